The lowest BCUT2D eigenvalue weighted by atomic mass is 10.2. The van der Waals surface area contributed by atoms with Gasteiger partial charge in [-0.05, 0) is 31.2 Å². The fraction of sp³-hybridized carbons (Fsp3) is 0.250. The van der Waals surface area contributed by atoms with Crippen LogP contribution in [-0.4, -0.2) is 19.1 Å². The van der Waals surface area contributed by atoms with Gasteiger partial charge < -0.3 is 13.9 Å². The average Bonchev–Trinajstić information content (AvgIpc) is 2.76. The number of benzene rings is 1. The summed E-state index contributed by atoms with van der Waals surface area (Å²) in [4.78, 5) is 0. The van der Waals surface area contributed by atoms with Gasteiger partial charge in [0.25, 0.3) is 0 Å². The lowest BCUT2D eigenvalue weighted by Crippen LogP contribution is -2.21. The van der Waals surface area contributed by atoms with Crippen LogP contribution in [0.5, 0.6) is 5.75 Å². The fourth-order valence-electron chi connectivity index (χ4n) is 2.41. The summed E-state index contributed by atoms with van der Waals surface area (Å²) in [5.74, 6) is -1.70. The van der Waals surface area contributed by atoms with E-state index in [0.717, 1.165) is 12.2 Å². The van der Waals surface area contributed by atoms with Crippen LogP contribution in [0.2, 0.25) is 0 Å². The number of rotatable bonds is 3. The molecule has 0 saturated carbocycles. The molecule has 0 fully saturated rings. The van der Waals surface area contributed by atoms with E-state index < -0.39 is 24.1 Å². The Kier molecular flexibility index (Phi) is 3.98. The van der Waals surface area contributed by atoms with Crippen molar-refractivity contribution in [1.82, 2.24) is 0 Å². The lowest BCUT2D eigenvalue weighted by Gasteiger charge is -2.12. The average molecular weight is 346 g/mol. The van der Waals surface area contributed by atoms with Gasteiger partial charge in [0.15, 0.2) is 17.5 Å². The molecule has 3 nitrogen and oxygen atoms in total. The standard InChI is InChI=1S/C16H11F5O3/c1-2-22-12-6-4-9-8-3-5-11(24-16(19,20)21)10(17)7-13(8)23-15(9)14(12)18/h3-7,10H,2H2,1H3. The van der Waals surface area contributed by atoms with Gasteiger partial charge in [0.05, 0.1) is 6.61 Å². The van der Waals surface area contributed by atoms with E-state index in [1.165, 1.54) is 18.2 Å². The maximum Gasteiger partial charge on any atom is 0.572 e. The van der Waals surface area contributed by atoms with E-state index in [1.54, 1.807) is 6.92 Å². The SMILES string of the molecule is CCOc1ccc2c3c(oc2c1F)=CC(F)C(OC(F)(F)F)=CC=3. The van der Waals surface area contributed by atoms with E-state index in [-0.39, 0.29) is 28.6 Å². The van der Waals surface area contributed by atoms with Crippen LogP contribution in [0.15, 0.2) is 28.4 Å². The maximum atomic E-state index is 14.3. The van der Waals surface area contributed by atoms with Gasteiger partial charge >= 0.3 is 6.36 Å². The van der Waals surface area contributed by atoms with Crippen molar-refractivity contribution in [3.8, 4) is 5.75 Å². The van der Waals surface area contributed by atoms with Gasteiger partial charge in [-0.3, -0.25) is 0 Å². The Labute approximate surface area is 132 Å². The van der Waals surface area contributed by atoms with Crippen molar-refractivity contribution < 1.29 is 35.8 Å². The molecule has 0 bridgehead atoms. The predicted molar refractivity (Wildman–Crippen MR) is 75.6 cm³/mol. The van der Waals surface area contributed by atoms with Crippen LogP contribution < -0.4 is 15.4 Å². The Morgan fingerprint density at radius 2 is 1.96 bits per heavy atom. The van der Waals surface area contributed by atoms with Crippen molar-refractivity contribution in [1.29, 1.82) is 0 Å². The molecule has 0 amide bonds. The van der Waals surface area contributed by atoms with E-state index in [1.807, 2.05) is 0 Å². The highest BCUT2D eigenvalue weighted by Crippen LogP contribution is 2.27. The predicted octanol–water partition coefficient (Wildman–Crippen LogP) is 3.30. The largest absolute Gasteiger partial charge is 0.572 e. The second kappa shape index (κ2) is 5.85. The van der Waals surface area contributed by atoms with Gasteiger partial charge in [0, 0.05) is 16.7 Å². The van der Waals surface area contributed by atoms with Gasteiger partial charge in [-0.2, -0.15) is 4.39 Å². The van der Waals surface area contributed by atoms with Crippen molar-refractivity contribution >= 4 is 23.1 Å². The molecule has 2 aromatic rings. The van der Waals surface area contributed by atoms with Crippen molar-refractivity contribution in [3.63, 3.8) is 0 Å². The van der Waals surface area contributed by atoms with Crippen molar-refractivity contribution in [2.24, 2.45) is 0 Å². The Morgan fingerprint density at radius 1 is 1.21 bits per heavy atom. The number of fused-ring (bicyclic) bond motifs is 3. The number of allylic oxidation sites excluding steroid dienone is 2. The third kappa shape index (κ3) is 2.95. The van der Waals surface area contributed by atoms with Gasteiger partial charge in [-0.1, -0.05) is 0 Å². The minimum atomic E-state index is -5.01. The van der Waals surface area contributed by atoms with Crippen molar-refractivity contribution in [2.75, 3.05) is 6.61 Å². The number of furan rings is 1. The maximum absolute atomic E-state index is 14.3. The molecule has 128 valence electrons. The number of halogens is 5. The summed E-state index contributed by atoms with van der Waals surface area (Å²) in [5, 5.41) is 0.550. The summed E-state index contributed by atoms with van der Waals surface area (Å²) in [5.41, 5.74) is -0.235. The highest BCUT2D eigenvalue weighted by atomic mass is 19.4. The van der Waals surface area contributed by atoms with Crippen LogP contribution in [-0.2, 0) is 4.74 Å². The molecule has 0 radical (unpaired) electrons. The summed E-state index contributed by atoms with van der Waals surface area (Å²) >= 11 is 0. The van der Waals surface area contributed by atoms with E-state index in [0.29, 0.717) is 5.39 Å². The van der Waals surface area contributed by atoms with Crippen LogP contribution in [0.25, 0.3) is 23.1 Å². The molecule has 0 saturated heterocycles. The minimum Gasteiger partial charge on any atom is -0.491 e. The van der Waals surface area contributed by atoms with E-state index in [2.05, 4.69) is 4.74 Å². The second-order valence-corrected chi connectivity index (χ2v) is 4.92. The van der Waals surface area contributed by atoms with Crippen LogP contribution in [0.3, 0.4) is 0 Å². The molecule has 3 rings (SSSR count). The van der Waals surface area contributed by atoms with Crippen molar-refractivity contribution in [2.45, 2.75) is 19.5 Å². The topological polar surface area (TPSA) is 31.6 Å². The van der Waals surface area contributed by atoms with Gasteiger partial charge in [-0.15, -0.1) is 13.2 Å². The molecule has 0 spiro atoms. The number of alkyl halides is 4. The Hall–Kier alpha value is -2.51. The van der Waals surface area contributed by atoms with Gasteiger partial charge in [-0.25, -0.2) is 4.39 Å². The second-order valence-electron chi connectivity index (χ2n) is 4.92. The number of hydrogen-bond acceptors (Lipinski definition) is 3. The molecule has 1 aromatic carbocycles. The smallest absolute Gasteiger partial charge is 0.491 e. The summed E-state index contributed by atoms with van der Waals surface area (Å²) in [6.45, 7) is 1.93. The van der Waals surface area contributed by atoms with Gasteiger partial charge in [0.1, 0.15) is 11.2 Å². The molecule has 24 heavy (non-hydrogen) atoms. The quantitative estimate of drug-likeness (QED) is 0.800. The Morgan fingerprint density at radius 3 is 2.62 bits per heavy atom. The van der Waals surface area contributed by atoms with Crippen LogP contribution in [0.4, 0.5) is 22.0 Å². The molecule has 1 heterocycles. The number of hydrogen-bond donors (Lipinski definition) is 0. The van der Waals surface area contributed by atoms with Crippen LogP contribution in [0.1, 0.15) is 6.92 Å². The molecule has 8 heteroatoms. The Balaban J connectivity index is 2.17. The lowest BCUT2D eigenvalue weighted by molar-refractivity contribution is -0.307. The normalized spacial score (nSPS) is 17.4. The monoisotopic (exact) mass is 346 g/mol. The molecular weight excluding hydrogens is 335 g/mol. The summed E-state index contributed by atoms with van der Waals surface area (Å²) in [6, 6.07) is 2.87. The molecule has 0 N–H and O–H groups in total. The van der Waals surface area contributed by atoms with Crippen molar-refractivity contribution in [3.05, 3.63) is 40.4 Å². The molecule has 1 atom stereocenters. The zero-order chi connectivity index (χ0) is 17.5. The highest BCUT2D eigenvalue weighted by Gasteiger charge is 2.34. The summed E-state index contributed by atoms with van der Waals surface area (Å²) < 4.78 is 79.2. The van der Waals surface area contributed by atoms with Crippen LogP contribution in [0, 0.1) is 5.82 Å². The molecule has 1 aliphatic carbocycles. The molecule has 1 aromatic heterocycles. The van der Waals surface area contributed by atoms with E-state index in [4.69, 9.17) is 9.15 Å². The molecule has 1 aliphatic rings. The minimum absolute atomic E-state index is 0.0256. The molecular formula is C16H11F5O3. The zero-order valence-corrected chi connectivity index (χ0v) is 12.3. The van der Waals surface area contributed by atoms with Crippen LogP contribution >= 0.6 is 0 Å². The highest BCUT2D eigenvalue weighted by molar-refractivity contribution is 5.82. The third-order valence-electron chi connectivity index (χ3n) is 3.35. The molecule has 1 unspecified atom stereocenters. The van der Waals surface area contributed by atoms with Gasteiger partial charge in [0.2, 0.25) is 5.82 Å². The first-order valence-corrected chi connectivity index (χ1v) is 6.97. The summed E-state index contributed by atoms with van der Waals surface area (Å²) in [7, 11) is 0. The van der Waals surface area contributed by atoms with E-state index in [9.17, 15) is 22.0 Å². The zero-order valence-electron chi connectivity index (χ0n) is 12.3. The first-order chi connectivity index (χ1) is 11.3. The fourth-order valence-corrected chi connectivity index (χ4v) is 2.41. The number of ether oxygens (including phenoxy) is 2. The summed E-state index contributed by atoms with van der Waals surface area (Å²) in [6.07, 6.45) is -4.35. The first kappa shape index (κ1) is 16.4. The molecule has 0 aliphatic heterocycles. The van der Waals surface area contributed by atoms with E-state index >= 15 is 0 Å². The Bertz CT molecular complexity index is 924. The first-order valence-electron chi connectivity index (χ1n) is 6.97. The third-order valence-corrected chi connectivity index (χ3v) is 3.35.